The Bertz CT molecular complexity index is 997. The molecule has 4 rings (SSSR count). The number of nitrogens with two attached hydrogens (primary N) is 1. The summed E-state index contributed by atoms with van der Waals surface area (Å²) in [6.07, 6.45) is 6.14. The van der Waals surface area contributed by atoms with Crippen LogP contribution in [0.15, 0.2) is 41.1 Å². The van der Waals surface area contributed by atoms with Crippen LogP contribution in [0.25, 0.3) is 0 Å². The number of aryl methyl sites for hydroxylation is 1. The summed E-state index contributed by atoms with van der Waals surface area (Å²) in [6.45, 7) is 2.86. The van der Waals surface area contributed by atoms with Crippen LogP contribution in [0.2, 0.25) is 0 Å². The Balaban J connectivity index is 1.53. The quantitative estimate of drug-likeness (QED) is 0.584. The van der Waals surface area contributed by atoms with Gasteiger partial charge in [-0.05, 0) is 60.9 Å². The molecule has 1 atom stereocenters. The minimum atomic E-state index is -3.35. The molecular formula is C20H25N5O4S. The van der Waals surface area contributed by atoms with E-state index in [4.69, 9.17) is 10.5 Å². The van der Waals surface area contributed by atoms with E-state index >= 15 is 0 Å². The number of nitrogens with zero attached hydrogens (tertiary/aromatic N) is 3. The molecule has 3 heterocycles. The normalized spacial score (nSPS) is 21.1. The van der Waals surface area contributed by atoms with E-state index in [0.717, 1.165) is 24.8 Å². The number of amidine groups is 1. The van der Waals surface area contributed by atoms with E-state index in [2.05, 4.69) is 14.1 Å². The van der Waals surface area contributed by atoms with Crippen molar-refractivity contribution in [3.05, 3.63) is 53.3 Å². The number of hydrogen-bond donors (Lipinski definition) is 4. The van der Waals surface area contributed by atoms with Crippen molar-refractivity contribution in [2.75, 3.05) is 17.9 Å². The lowest BCUT2D eigenvalue weighted by atomic mass is 10.0. The van der Waals surface area contributed by atoms with Crippen molar-refractivity contribution < 1.29 is 18.6 Å². The van der Waals surface area contributed by atoms with Crippen LogP contribution in [-0.4, -0.2) is 49.9 Å². The molecule has 1 amide bonds. The van der Waals surface area contributed by atoms with Crippen molar-refractivity contribution in [1.82, 2.24) is 9.88 Å². The number of piperidine rings is 1. The zero-order valence-electron chi connectivity index (χ0n) is 16.6. The average Bonchev–Trinajstić information content (AvgIpc) is 2.71. The molecule has 2 aromatic rings. The second kappa shape index (κ2) is 8.13. The van der Waals surface area contributed by atoms with Crippen LogP contribution in [-0.2, 0) is 0 Å². The first-order valence-electron chi connectivity index (χ1n) is 9.75. The van der Waals surface area contributed by atoms with Gasteiger partial charge in [-0.3, -0.25) is 23.6 Å². The van der Waals surface area contributed by atoms with E-state index in [9.17, 15) is 13.9 Å². The van der Waals surface area contributed by atoms with Crippen LogP contribution in [0.5, 0.6) is 5.75 Å². The van der Waals surface area contributed by atoms with Gasteiger partial charge in [-0.2, -0.15) is 0 Å². The standard InChI is InChI=1S/C20H25N5O4S/c1-13-11-22-9-8-15(13)20(26)25-10-3-2-5-14(25)12-29-17-7-4-6-16-18(17)19(21)24-30(27,28)23-16/h4,6-9,11,14,23,27-28H,2-3,5,10,12H2,1H3,(H2,21,24). The van der Waals surface area contributed by atoms with Crippen LogP contribution in [0, 0.1) is 6.92 Å². The van der Waals surface area contributed by atoms with Crippen molar-refractivity contribution in [1.29, 1.82) is 0 Å². The van der Waals surface area contributed by atoms with Crippen molar-refractivity contribution in [3.8, 4) is 5.75 Å². The number of benzene rings is 1. The summed E-state index contributed by atoms with van der Waals surface area (Å²) in [5, 5.41) is 0. The molecule has 0 spiro atoms. The highest BCUT2D eigenvalue weighted by molar-refractivity contribution is 8.24. The number of likely N-dealkylation sites (tertiary alicyclic amines) is 1. The molecule has 0 bridgehead atoms. The minimum Gasteiger partial charge on any atom is -0.491 e. The molecular weight excluding hydrogens is 406 g/mol. The predicted molar refractivity (Wildman–Crippen MR) is 117 cm³/mol. The summed E-state index contributed by atoms with van der Waals surface area (Å²) >= 11 is 0. The molecule has 2 aliphatic rings. The maximum atomic E-state index is 13.1. The van der Waals surface area contributed by atoms with E-state index in [1.807, 2.05) is 11.8 Å². The van der Waals surface area contributed by atoms with Gasteiger partial charge in [0.1, 0.15) is 12.4 Å². The predicted octanol–water partition coefficient (Wildman–Crippen LogP) is 3.18. The zero-order valence-corrected chi connectivity index (χ0v) is 17.4. The number of rotatable bonds is 4. The third-order valence-electron chi connectivity index (χ3n) is 5.32. The second-order valence-corrected chi connectivity index (χ2v) is 8.85. The Hall–Kier alpha value is -2.82. The maximum absolute atomic E-state index is 13.1. The van der Waals surface area contributed by atoms with Gasteiger partial charge in [-0.25, -0.2) is 0 Å². The lowest BCUT2D eigenvalue weighted by molar-refractivity contribution is 0.0527. The number of carbonyl (C=O) groups excluding carboxylic acids is 1. The number of aromatic nitrogens is 1. The van der Waals surface area contributed by atoms with Gasteiger partial charge < -0.3 is 15.4 Å². The van der Waals surface area contributed by atoms with E-state index in [-0.39, 0.29) is 17.8 Å². The summed E-state index contributed by atoms with van der Waals surface area (Å²) in [5.41, 5.74) is 8.40. The van der Waals surface area contributed by atoms with E-state index in [1.165, 1.54) is 0 Å². The molecule has 1 saturated heterocycles. The van der Waals surface area contributed by atoms with Crippen LogP contribution in [0.3, 0.4) is 0 Å². The highest BCUT2D eigenvalue weighted by atomic mass is 32.3. The Morgan fingerprint density at radius 2 is 2.20 bits per heavy atom. The number of anilines is 1. The van der Waals surface area contributed by atoms with E-state index < -0.39 is 11.0 Å². The number of carbonyl (C=O) groups is 1. The molecule has 9 nitrogen and oxygen atoms in total. The van der Waals surface area contributed by atoms with Gasteiger partial charge in [0.25, 0.3) is 5.91 Å². The van der Waals surface area contributed by atoms with Crippen molar-refractivity contribution in [2.45, 2.75) is 32.2 Å². The Kier molecular flexibility index (Phi) is 5.54. The smallest absolute Gasteiger partial charge is 0.254 e. The second-order valence-electron chi connectivity index (χ2n) is 7.43. The minimum absolute atomic E-state index is 0.00309. The highest BCUT2D eigenvalue weighted by Gasteiger charge is 2.30. The third-order valence-corrected chi connectivity index (χ3v) is 6.27. The van der Waals surface area contributed by atoms with Crippen LogP contribution in [0.4, 0.5) is 5.69 Å². The van der Waals surface area contributed by atoms with Gasteiger partial charge in [0, 0.05) is 24.5 Å². The first kappa shape index (κ1) is 20.5. The molecule has 1 aromatic heterocycles. The van der Waals surface area contributed by atoms with Crippen LogP contribution in [0.1, 0.15) is 40.7 Å². The van der Waals surface area contributed by atoms with Gasteiger partial charge in [0.2, 0.25) is 0 Å². The van der Waals surface area contributed by atoms with Gasteiger partial charge in [-0.1, -0.05) is 6.07 Å². The molecule has 0 radical (unpaired) electrons. The molecule has 0 aliphatic carbocycles. The number of ether oxygens (including phenoxy) is 1. The monoisotopic (exact) mass is 431 g/mol. The van der Waals surface area contributed by atoms with E-state index in [0.29, 0.717) is 35.7 Å². The highest BCUT2D eigenvalue weighted by Crippen LogP contribution is 2.46. The van der Waals surface area contributed by atoms with Crippen LogP contribution < -0.4 is 15.2 Å². The Labute approximate surface area is 176 Å². The molecule has 1 aromatic carbocycles. The summed E-state index contributed by atoms with van der Waals surface area (Å²) in [4.78, 5) is 19.1. The first-order chi connectivity index (χ1) is 14.4. The molecule has 0 saturated carbocycles. The number of nitrogens with one attached hydrogen (secondary N) is 1. The molecule has 160 valence electrons. The number of hydrogen-bond acceptors (Lipinski definition) is 8. The maximum Gasteiger partial charge on any atom is 0.254 e. The summed E-state index contributed by atoms with van der Waals surface area (Å²) in [5.74, 6) is 0.465. The topological polar surface area (TPSA) is 133 Å². The van der Waals surface area contributed by atoms with Gasteiger partial charge in [0.05, 0.1) is 17.3 Å². The van der Waals surface area contributed by atoms with Crippen molar-refractivity contribution >= 4 is 28.4 Å². The first-order valence-corrected chi connectivity index (χ1v) is 11.3. The Morgan fingerprint density at radius 3 is 3.00 bits per heavy atom. The SMILES string of the molecule is Cc1cnccc1C(=O)N1CCCCC1COc1cccc2c1C(N)=NS(O)(O)N2. The van der Waals surface area contributed by atoms with Crippen LogP contribution >= 0.6 is 11.0 Å². The fourth-order valence-electron chi connectivity index (χ4n) is 3.85. The van der Waals surface area contributed by atoms with E-state index in [1.54, 1.807) is 36.7 Å². The van der Waals surface area contributed by atoms with Gasteiger partial charge in [-0.15, -0.1) is 4.40 Å². The van der Waals surface area contributed by atoms with Crippen molar-refractivity contribution in [2.24, 2.45) is 10.1 Å². The number of amides is 1. The lowest BCUT2D eigenvalue weighted by Gasteiger charge is -2.36. The number of pyridine rings is 1. The van der Waals surface area contributed by atoms with Gasteiger partial charge in [0.15, 0.2) is 5.84 Å². The average molecular weight is 432 g/mol. The fraction of sp³-hybridized carbons (Fsp3) is 0.350. The number of fused-ring (bicyclic) bond motifs is 1. The summed E-state index contributed by atoms with van der Waals surface area (Å²) < 4.78 is 32.0. The van der Waals surface area contributed by atoms with Gasteiger partial charge >= 0.3 is 0 Å². The Morgan fingerprint density at radius 1 is 1.37 bits per heavy atom. The molecule has 1 unspecified atom stereocenters. The molecule has 30 heavy (non-hydrogen) atoms. The molecule has 1 fully saturated rings. The molecule has 5 N–H and O–H groups in total. The largest absolute Gasteiger partial charge is 0.491 e. The lowest BCUT2D eigenvalue weighted by Crippen LogP contribution is -2.47. The zero-order chi connectivity index (χ0) is 21.3. The molecule has 10 heteroatoms. The molecule has 2 aliphatic heterocycles. The third kappa shape index (κ3) is 4.07. The summed E-state index contributed by atoms with van der Waals surface area (Å²) in [7, 11) is -3.35. The fourth-order valence-corrected chi connectivity index (χ4v) is 4.73. The van der Waals surface area contributed by atoms with Crippen molar-refractivity contribution in [3.63, 3.8) is 0 Å². The summed E-state index contributed by atoms with van der Waals surface area (Å²) in [6, 6.07) is 6.84.